The molecule has 0 heterocycles. The van der Waals surface area contributed by atoms with Crippen LogP contribution in [0.25, 0.3) is 0 Å². The molecule has 7 nitrogen and oxygen atoms in total. The van der Waals surface area contributed by atoms with Crippen LogP contribution in [0.15, 0.2) is 77.7 Å². The normalized spacial score (nSPS) is 12.0. The number of hydrogen-bond acceptors (Lipinski definition) is 4. The first kappa shape index (κ1) is 30.1. The van der Waals surface area contributed by atoms with Gasteiger partial charge in [-0.2, -0.15) is 0 Å². The van der Waals surface area contributed by atoms with Crippen molar-refractivity contribution in [2.75, 3.05) is 17.4 Å². The van der Waals surface area contributed by atoms with E-state index in [1.807, 2.05) is 13.8 Å². The van der Waals surface area contributed by atoms with Crippen LogP contribution in [-0.2, 0) is 26.2 Å². The lowest BCUT2D eigenvalue weighted by atomic mass is 10.1. The second-order valence-corrected chi connectivity index (χ2v) is 11.5. The molecule has 0 aliphatic carbocycles. The van der Waals surface area contributed by atoms with E-state index < -0.39 is 34.3 Å². The largest absolute Gasteiger partial charge is 0.354 e. The van der Waals surface area contributed by atoms with E-state index in [0.29, 0.717) is 17.1 Å². The number of amides is 2. The molecule has 0 radical (unpaired) electrons. The summed E-state index contributed by atoms with van der Waals surface area (Å²) in [5.74, 6) is -1.88. The molecule has 0 fully saturated rings. The van der Waals surface area contributed by atoms with Gasteiger partial charge in [-0.3, -0.25) is 13.9 Å². The number of rotatable bonds is 12. The highest BCUT2D eigenvalue weighted by molar-refractivity contribution is 7.92. The van der Waals surface area contributed by atoms with E-state index in [4.69, 9.17) is 11.6 Å². The molecule has 1 atom stereocenters. The Morgan fingerprint density at radius 2 is 1.64 bits per heavy atom. The number of benzene rings is 3. The van der Waals surface area contributed by atoms with Gasteiger partial charge >= 0.3 is 0 Å². The predicted molar refractivity (Wildman–Crippen MR) is 151 cm³/mol. The Labute approximate surface area is 234 Å². The molecule has 0 spiro atoms. The van der Waals surface area contributed by atoms with Gasteiger partial charge in [0.05, 0.1) is 10.6 Å². The molecular weight excluding hydrogens is 541 g/mol. The minimum atomic E-state index is -4.35. The van der Waals surface area contributed by atoms with Crippen molar-refractivity contribution in [2.45, 2.75) is 51.1 Å². The van der Waals surface area contributed by atoms with E-state index in [1.54, 1.807) is 43.3 Å². The average molecular weight is 574 g/mol. The number of unbranched alkanes of at least 4 members (excludes halogenated alkanes) is 1. The fourth-order valence-electron chi connectivity index (χ4n) is 3.93. The monoisotopic (exact) mass is 573 g/mol. The summed E-state index contributed by atoms with van der Waals surface area (Å²) in [5.41, 5.74) is 1.15. The minimum Gasteiger partial charge on any atom is -0.354 e. The fourth-order valence-corrected chi connectivity index (χ4v) is 5.55. The van der Waals surface area contributed by atoms with Gasteiger partial charge in [0.1, 0.15) is 18.4 Å². The molecule has 1 N–H and O–H groups in total. The van der Waals surface area contributed by atoms with Gasteiger partial charge in [0, 0.05) is 18.1 Å². The Morgan fingerprint density at radius 1 is 1.00 bits per heavy atom. The van der Waals surface area contributed by atoms with Crippen LogP contribution in [0.5, 0.6) is 0 Å². The third kappa shape index (κ3) is 7.58. The Morgan fingerprint density at radius 3 is 2.28 bits per heavy atom. The maximum atomic E-state index is 14.9. The van der Waals surface area contributed by atoms with Crippen LogP contribution >= 0.6 is 11.6 Å². The summed E-state index contributed by atoms with van der Waals surface area (Å²) in [4.78, 5) is 28.0. The second-order valence-electron chi connectivity index (χ2n) is 9.21. The van der Waals surface area contributed by atoms with Gasteiger partial charge in [0.25, 0.3) is 10.0 Å². The summed E-state index contributed by atoms with van der Waals surface area (Å²) in [6.45, 7) is 5.04. The third-order valence-corrected chi connectivity index (χ3v) is 8.45. The molecule has 0 aromatic heterocycles. The number of aryl methyl sites for hydroxylation is 1. The SMILES string of the molecule is CCCCNC(=O)[C@@H](C)N(Cc1ccccc1Cl)C(=O)CN(c1ccccc1F)S(=O)(=O)c1ccc(C)cc1. The van der Waals surface area contributed by atoms with Crippen molar-refractivity contribution in [3.05, 3.63) is 94.8 Å². The van der Waals surface area contributed by atoms with Crippen molar-refractivity contribution in [3.8, 4) is 0 Å². The number of hydrogen-bond donors (Lipinski definition) is 1. The highest BCUT2D eigenvalue weighted by Crippen LogP contribution is 2.27. The first-order valence-electron chi connectivity index (χ1n) is 12.7. The van der Waals surface area contributed by atoms with E-state index in [9.17, 15) is 22.4 Å². The van der Waals surface area contributed by atoms with E-state index in [2.05, 4.69) is 5.32 Å². The van der Waals surface area contributed by atoms with Crippen molar-refractivity contribution in [1.29, 1.82) is 0 Å². The number of nitrogens with zero attached hydrogens (tertiary/aromatic N) is 2. The summed E-state index contributed by atoms with van der Waals surface area (Å²) < 4.78 is 43.2. The maximum Gasteiger partial charge on any atom is 0.264 e. The summed E-state index contributed by atoms with van der Waals surface area (Å²) in [7, 11) is -4.35. The maximum absolute atomic E-state index is 14.9. The molecule has 3 aromatic rings. The van der Waals surface area contributed by atoms with Crippen LogP contribution in [-0.4, -0.2) is 44.3 Å². The van der Waals surface area contributed by atoms with Crippen LogP contribution in [0.1, 0.15) is 37.8 Å². The van der Waals surface area contributed by atoms with Crippen LogP contribution in [0, 0.1) is 12.7 Å². The quantitative estimate of drug-likeness (QED) is 0.297. The smallest absolute Gasteiger partial charge is 0.264 e. The van der Waals surface area contributed by atoms with Crippen LogP contribution in [0.3, 0.4) is 0 Å². The van der Waals surface area contributed by atoms with Crippen molar-refractivity contribution in [2.24, 2.45) is 0 Å². The van der Waals surface area contributed by atoms with Crippen molar-refractivity contribution >= 4 is 39.1 Å². The van der Waals surface area contributed by atoms with Crippen LogP contribution < -0.4 is 9.62 Å². The van der Waals surface area contributed by atoms with Crippen molar-refractivity contribution < 1.29 is 22.4 Å². The lowest BCUT2D eigenvalue weighted by molar-refractivity contribution is -0.139. The molecule has 0 bridgehead atoms. The van der Waals surface area contributed by atoms with Crippen LogP contribution in [0.4, 0.5) is 10.1 Å². The molecule has 10 heteroatoms. The summed E-state index contributed by atoms with van der Waals surface area (Å²) in [6.07, 6.45) is 1.65. The molecule has 39 heavy (non-hydrogen) atoms. The van der Waals surface area contributed by atoms with Gasteiger partial charge in [-0.1, -0.05) is 73.0 Å². The molecule has 0 aliphatic rings. The van der Waals surface area contributed by atoms with E-state index >= 15 is 0 Å². The molecule has 0 saturated carbocycles. The zero-order valence-electron chi connectivity index (χ0n) is 22.2. The van der Waals surface area contributed by atoms with E-state index in [1.165, 1.54) is 35.2 Å². The molecule has 208 valence electrons. The molecule has 3 rings (SSSR count). The molecule has 0 unspecified atom stereocenters. The highest BCUT2D eigenvalue weighted by Gasteiger charge is 2.33. The number of carbonyl (C=O) groups is 2. The number of halogens is 2. The number of sulfonamides is 1. The standard InChI is InChI=1S/C29H33ClFN3O4S/c1-4-5-18-32-29(36)22(3)33(19-23-10-6-7-11-25(23)30)28(35)20-34(27-13-9-8-12-26(27)31)39(37,38)24-16-14-21(2)15-17-24/h6-17,22H,4-5,18-20H2,1-3H3,(H,32,36)/t22-/m1/s1. The lowest BCUT2D eigenvalue weighted by Gasteiger charge is -2.32. The number of nitrogens with one attached hydrogen (secondary N) is 1. The molecule has 3 aromatic carbocycles. The van der Waals surface area contributed by atoms with Crippen LogP contribution in [0.2, 0.25) is 5.02 Å². The summed E-state index contributed by atoms with van der Waals surface area (Å²) >= 11 is 6.35. The average Bonchev–Trinajstić information content (AvgIpc) is 2.91. The fraction of sp³-hybridized carbons (Fsp3) is 0.310. The van der Waals surface area contributed by atoms with Crippen molar-refractivity contribution in [1.82, 2.24) is 10.2 Å². The lowest BCUT2D eigenvalue weighted by Crippen LogP contribution is -2.51. The van der Waals surface area contributed by atoms with Gasteiger partial charge < -0.3 is 10.2 Å². The minimum absolute atomic E-state index is 0.0451. The number of anilines is 1. The zero-order valence-corrected chi connectivity index (χ0v) is 23.8. The van der Waals surface area contributed by atoms with Gasteiger partial charge in [-0.15, -0.1) is 0 Å². The van der Waals surface area contributed by atoms with Crippen molar-refractivity contribution in [3.63, 3.8) is 0 Å². The Kier molecular flexibility index (Phi) is 10.5. The molecule has 2 amide bonds. The third-order valence-electron chi connectivity index (χ3n) is 6.30. The summed E-state index contributed by atoms with van der Waals surface area (Å²) in [6, 6.07) is 17.4. The Balaban J connectivity index is 2.02. The topological polar surface area (TPSA) is 86.8 Å². The predicted octanol–water partition coefficient (Wildman–Crippen LogP) is 5.32. The number of carbonyl (C=O) groups excluding carboxylic acids is 2. The first-order valence-corrected chi connectivity index (χ1v) is 14.5. The van der Waals surface area contributed by atoms with E-state index in [-0.39, 0.29) is 23.0 Å². The van der Waals surface area contributed by atoms with Gasteiger partial charge in [0.2, 0.25) is 11.8 Å². The molecule has 0 aliphatic heterocycles. The number of para-hydroxylation sites is 1. The Hall–Kier alpha value is -3.43. The molecular formula is C29H33ClFN3O4S. The van der Waals surface area contributed by atoms with Gasteiger partial charge in [-0.25, -0.2) is 12.8 Å². The van der Waals surface area contributed by atoms with E-state index in [0.717, 1.165) is 28.8 Å². The zero-order chi connectivity index (χ0) is 28.6. The first-order chi connectivity index (χ1) is 18.6. The highest BCUT2D eigenvalue weighted by atomic mass is 35.5. The summed E-state index contributed by atoms with van der Waals surface area (Å²) in [5, 5.41) is 3.21. The van der Waals surface area contributed by atoms with Gasteiger partial charge in [-0.05, 0) is 56.2 Å². The Bertz CT molecular complexity index is 1400. The second kappa shape index (κ2) is 13.6. The molecule has 0 saturated heterocycles. The van der Waals surface area contributed by atoms with Gasteiger partial charge in [0.15, 0.2) is 0 Å².